The quantitative estimate of drug-likeness (QED) is 0.489. The molecule has 0 N–H and O–H groups in total. The summed E-state index contributed by atoms with van der Waals surface area (Å²) in [4.78, 5) is 31.1. The monoisotopic (exact) mass is 390 g/mol. The number of furan rings is 1. The molecule has 4 aromatic rings. The number of carbonyl (C=O) groups is 2. The van der Waals surface area contributed by atoms with Gasteiger partial charge in [-0.05, 0) is 30.3 Å². The van der Waals surface area contributed by atoms with Crippen LogP contribution in [0.1, 0.15) is 10.6 Å². The summed E-state index contributed by atoms with van der Waals surface area (Å²) in [5.74, 6) is 0.262. The highest BCUT2D eigenvalue weighted by Gasteiger charge is 2.29. The van der Waals surface area contributed by atoms with Crippen molar-refractivity contribution < 1.29 is 18.7 Å². The fourth-order valence-electron chi connectivity index (χ4n) is 3.23. The van der Waals surface area contributed by atoms with Crippen molar-refractivity contribution in [2.75, 3.05) is 18.1 Å². The lowest BCUT2D eigenvalue weighted by Crippen LogP contribution is -2.42. The molecule has 0 fully saturated rings. The van der Waals surface area contributed by atoms with Crippen molar-refractivity contribution in [2.45, 2.75) is 0 Å². The maximum Gasteiger partial charge on any atom is 0.265 e. The van der Waals surface area contributed by atoms with Crippen LogP contribution in [-0.2, 0) is 4.79 Å². The molecule has 7 heteroatoms. The standard InChI is InChI=1S/C21H14N2O4S/c24-17(20-8-14-3-1-2-4-18(14)27-20)9-23-16-7-13(15-11-28-12-22-15)5-6-19(16)26-10-21(23)25/h1-8,11-12H,9-10H2. The van der Waals surface area contributed by atoms with Gasteiger partial charge in [0.2, 0.25) is 5.78 Å². The Morgan fingerprint density at radius 2 is 2.07 bits per heavy atom. The molecule has 0 atom stereocenters. The Morgan fingerprint density at radius 1 is 1.18 bits per heavy atom. The third-order valence-electron chi connectivity index (χ3n) is 4.63. The minimum atomic E-state index is -0.271. The number of para-hydroxylation sites is 1. The summed E-state index contributed by atoms with van der Waals surface area (Å²) in [6.07, 6.45) is 0. The number of hydrogen-bond acceptors (Lipinski definition) is 6. The molecule has 1 aliphatic heterocycles. The van der Waals surface area contributed by atoms with Crippen LogP contribution in [0.5, 0.6) is 5.75 Å². The van der Waals surface area contributed by atoms with Crippen LogP contribution in [0.2, 0.25) is 0 Å². The summed E-state index contributed by atoms with van der Waals surface area (Å²) in [5.41, 5.74) is 4.63. The molecule has 28 heavy (non-hydrogen) atoms. The first-order chi connectivity index (χ1) is 13.7. The number of thiazole rings is 1. The normalized spacial score (nSPS) is 13.4. The van der Waals surface area contributed by atoms with Crippen molar-refractivity contribution in [3.05, 3.63) is 65.2 Å². The maximum atomic E-state index is 12.8. The number of fused-ring (bicyclic) bond motifs is 2. The van der Waals surface area contributed by atoms with E-state index in [0.717, 1.165) is 16.6 Å². The van der Waals surface area contributed by atoms with Gasteiger partial charge in [0.15, 0.2) is 12.4 Å². The lowest BCUT2D eigenvalue weighted by Gasteiger charge is -2.29. The SMILES string of the molecule is O=C(CN1C(=O)COc2ccc(-c3cscn3)cc21)c1cc2ccccc2o1. The van der Waals surface area contributed by atoms with E-state index in [1.807, 2.05) is 35.7 Å². The summed E-state index contributed by atoms with van der Waals surface area (Å²) < 4.78 is 11.2. The summed E-state index contributed by atoms with van der Waals surface area (Å²) in [5, 5.41) is 2.78. The molecule has 138 valence electrons. The summed E-state index contributed by atoms with van der Waals surface area (Å²) >= 11 is 1.49. The molecule has 0 unspecified atom stereocenters. The minimum Gasteiger partial charge on any atom is -0.482 e. The van der Waals surface area contributed by atoms with Crippen LogP contribution in [0.15, 0.2) is 63.8 Å². The molecular weight excluding hydrogens is 376 g/mol. The van der Waals surface area contributed by atoms with Gasteiger partial charge in [-0.1, -0.05) is 18.2 Å². The first kappa shape index (κ1) is 16.7. The van der Waals surface area contributed by atoms with E-state index in [1.54, 1.807) is 23.7 Å². The molecule has 1 amide bonds. The number of ketones is 1. The second-order valence-corrected chi connectivity index (χ2v) is 7.12. The molecule has 1 aliphatic rings. The van der Waals surface area contributed by atoms with Gasteiger partial charge in [-0.2, -0.15) is 0 Å². The lowest BCUT2D eigenvalue weighted by molar-refractivity contribution is -0.121. The Kier molecular flexibility index (Phi) is 3.95. The minimum absolute atomic E-state index is 0.101. The van der Waals surface area contributed by atoms with Gasteiger partial charge >= 0.3 is 0 Å². The van der Waals surface area contributed by atoms with Gasteiger partial charge in [0.05, 0.1) is 23.4 Å². The van der Waals surface area contributed by atoms with E-state index in [1.165, 1.54) is 16.2 Å². The number of carbonyl (C=O) groups excluding carboxylic acids is 2. The number of ether oxygens (including phenoxy) is 1. The molecular formula is C21H14N2O4S. The zero-order chi connectivity index (χ0) is 19.1. The van der Waals surface area contributed by atoms with Crippen LogP contribution in [-0.4, -0.2) is 29.8 Å². The highest BCUT2D eigenvalue weighted by Crippen LogP contribution is 2.36. The zero-order valence-electron chi connectivity index (χ0n) is 14.6. The Labute approximate surface area is 164 Å². The number of nitrogens with zero attached hydrogens (tertiary/aromatic N) is 2. The average molecular weight is 390 g/mol. The molecule has 2 aromatic heterocycles. The van der Waals surface area contributed by atoms with E-state index in [0.29, 0.717) is 17.0 Å². The fourth-order valence-corrected chi connectivity index (χ4v) is 3.79. The van der Waals surface area contributed by atoms with Gasteiger partial charge in [0, 0.05) is 16.3 Å². The second-order valence-electron chi connectivity index (χ2n) is 6.40. The number of hydrogen-bond donors (Lipinski definition) is 0. The van der Waals surface area contributed by atoms with Crippen LogP contribution >= 0.6 is 11.3 Å². The highest BCUT2D eigenvalue weighted by atomic mass is 32.1. The third kappa shape index (κ3) is 2.86. The van der Waals surface area contributed by atoms with Crippen molar-refractivity contribution in [2.24, 2.45) is 0 Å². The van der Waals surface area contributed by atoms with Crippen LogP contribution in [0.4, 0.5) is 5.69 Å². The van der Waals surface area contributed by atoms with E-state index in [4.69, 9.17) is 9.15 Å². The van der Waals surface area contributed by atoms with Gasteiger partial charge < -0.3 is 9.15 Å². The number of rotatable bonds is 4. The van der Waals surface area contributed by atoms with E-state index >= 15 is 0 Å². The second kappa shape index (κ2) is 6.61. The van der Waals surface area contributed by atoms with Gasteiger partial charge in [0.25, 0.3) is 5.91 Å². The Morgan fingerprint density at radius 3 is 2.89 bits per heavy atom. The van der Waals surface area contributed by atoms with Gasteiger partial charge in [-0.25, -0.2) is 4.98 Å². The third-order valence-corrected chi connectivity index (χ3v) is 5.22. The van der Waals surface area contributed by atoms with Crippen molar-refractivity contribution >= 4 is 39.7 Å². The molecule has 5 rings (SSSR count). The van der Waals surface area contributed by atoms with Gasteiger partial charge in [-0.3, -0.25) is 14.5 Å². The number of aromatic nitrogens is 1. The van der Waals surface area contributed by atoms with Gasteiger partial charge in [0.1, 0.15) is 11.3 Å². The molecule has 0 saturated heterocycles. The van der Waals surface area contributed by atoms with E-state index in [-0.39, 0.29) is 30.6 Å². The molecule has 6 nitrogen and oxygen atoms in total. The van der Waals surface area contributed by atoms with Crippen molar-refractivity contribution in [3.63, 3.8) is 0 Å². The van der Waals surface area contributed by atoms with E-state index < -0.39 is 0 Å². The number of anilines is 1. The van der Waals surface area contributed by atoms with Crippen LogP contribution in [0, 0.1) is 0 Å². The predicted molar refractivity (Wildman–Crippen MR) is 106 cm³/mol. The molecule has 0 bridgehead atoms. The summed E-state index contributed by atoms with van der Waals surface area (Å²) in [6, 6.07) is 14.6. The van der Waals surface area contributed by atoms with Crippen molar-refractivity contribution in [1.82, 2.24) is 4.98 Å². The number of amides is 1. The average Bonchev–Trinajstić information content (AvgIpc) is 3.39. The van der Waals surface area contributed by atoms with E-state index in [9.17, 15) is 9.59 Å². The van der Waals surface area contributed by atoms with Crippen molar-refractivity contribution in [1.29, 1.82) is 0 Å². The number of benzene rings is 2. The topological polar surface area (TPSA) is 72.6 Å². The molecule has 0 spiro atoms. The molecule has 2 aromatic carbocycles. The summed E-state index contributed by atoms with van der Waals surface area (Å²) in [7, 11) is 0. The largest absolute Gasteiger partial charge is 0.482 e. The Bertz CT molecular complexity index is 1160. The number of Topliss-reactive ketones (excluding diaryl/α,β-unsaturated/α-hetero) is 1. The molecule has 0 saturated carbocycles. The van der Waals surface area contributed by atoms with Gasteiger partial charge in [-0.15, -0.1) is 11.3 Å². The Balaban J connectivity index is 1.49. The molecule has 3 heterocycles. The molecule has 0 aliphatic carbocycles. The smallest absolute Gasteiger partial charge is 0.265 e. The lowest BCUT2D eigenvalue weighted by atomic mass is 10.1. The fraction of sp³-hybridized carbons (Fsp3) is 0.0952. The Hall–Kier alpha value is -3.45. The van der Waals surface area contributed by atoms with Crippen LogP contribution in [0.25, 0.3) is 22.2 Å². The first-order valence-electron chi connectivity index (χ1n) is 8.66. The van der Waals surface area contributed by atoms with E-state index in [2.05, 4.69) is 4.98 Å². The predicted octanol–water partition coefficient (Wildman–Crippen LogP) is 4.16. The maximum absolute atomic E-state index is 12.8. The highest BCUT2D eigenvalue weighted by molar-refractivity contribution is 7.07. The summed E-state index contributed by atoms with van der Waals surface area (Å²) in [6.45, 7) is -0.216. The van der Waals surface area contributed by atoms with Crippen LogP contribution < -0.4 is 9.64 Å². The van der Waals surface area contributed by atoms with Crippen LogP contribution in [0.3, 0.4) is 0 Å². The first-order valence-corrected chi connectivity index (χ1v) is 9.61. The molecule has 0 radical (unpaired) electrons. The zero-order valence-corrected chi connectivity index (χ0v) is 15.4. The van der Waals surface area contributed by atoms with Crippen molar-refractivity contribution in [3.8, 4) is 17.0 Å².